The molecule has 0 unspecified atom stereocenters. The van der Waals surface area contributed by atoms with E-state index < -0.39 is 0 Å². The van der Waals surface area contributed by atoms with Gasteiger partial charge in [-0.2, -0.15) is 0 Å². The highest BCUT2D eigenvalue weighted by atomic mass is 79.9. The zero-order valence-electron chi connectivity index (χ0n) is 9.77. The number of nitrogens with zero attached hydrogens (tertiary/aromatic N) is 1. The Kier molecular flexibility index (Phi) is 6.92. The van der Waals surface area contributed by atoms with Crippen LogP contribution in [0.25, 0.3) is 0 Å². The van der Waals surface area contributed by atoms with Crippen LogP contribution in [0.3, 0.4) is 0 Å². The molecule has 92 valence electrons. The predicted octanol–water partition coefficient (Wildman–Crippen LogP) is 4.51. The summed E-state index contributed by atoms with van der Waals surface area (Å²) in [6.45, 7) is 3.68. The number of hydrogen-bond acceptors (Lipinski definition) is 4. The van der Waals surface area contributed by atoms with E-state index in [1.165, 1.54) is 11.8 Å². The van der Waals surface area contributed by atoms with E-state index >= 15 is 0 Å². The van der Waals surface area contributed by atoms with E-state index in [4.69, 9.17) is 0 Å². The number of rotatable bonds is 4. The number of ketones is 1. The fourth-order valence-corrected chi connectivity index (χ4v) is 3.06. The number of benzene rings is 1. The maximum absolute atomic E-state index is 11.0. The third kappa shape index (κ3) is 6.29. The average Bonchev–Trinajstić information content (AvgIpc) is 2.29. The molecular formula is C12H14BrNOS2. The molecule has 1 aromatic carbocycles. The summed E-state index contributed by atoms with van der Waals surface area (Å²) in [4.78, 5) is 15.5. The maximum Gasteiger partial charge on any atom is 0.140 e. The first-order chi connectivity index (χ1) is 8.11. The molecule has 17 heavy (non-hydrogen) atoms. The number of halogens is 1. The lowest BCUT2D eigenvalue weighted by atomic mass is 10.3. The van der Waals surface area contributed by atoms with Crippen LogP contribution < -0.4 is 0 Å². The summed E-state index contributed by atoms with van der Waals surface area (Å²) in [7, 11) is 0. The molecule has 0 fully saturated rings. The molecule has 0 atom stereocenters. The molecule has 0 saturated carbocycles. The van der Waals surface area contributed by atoms with Crippen molar-refractivity contribution < 1.29 is 4.79 Å². The molecule has 0 heterocycles. The van der Waals surface area contributed by atoms with Gasteiger partial charge in [-0.1, -0.05) is 46.4 Å². The first-order valence-corrected chi connectivity index (χ1v) is 7.97. The van der Waals surface area contributed by atoms with Gasteiger partial charge >= 0.3 is 0 Å². The molecule has 0 spiro atoms. The number of carbonyl (C=O) groups is 1. The number of carbonyl (C=O) groups excluding carboxylic acids is 1. The zero-order valence-corrected chi connectivity index (χ0v) is 13.0. The fraction of sp³-hybridized carbons (Fsp3) is 0.333. The van der Waals surface area contributed by atoms with Crippen LogP contribution in [0.2, 0.25) is 0 Å². The summed E-state index contributed by atoms with van der Waals surface area (Å²) in [5, 5.41) is 0. The zero-order chi connectivity index (χ0) is 12.7. The minimum Gasteiger partial charge on any atom is -0.299 e. The van der Waals surface area contributed by atoms with Crippen LogP contribution in [0.1, 0.15) is 13.8 Å². The van der Waals surface area contributed by atoms with Crippen LogP contribution in [0.15, 0.2) is 33.7 Å². The quantitative estimate of drug-likeness (QED) is 0.600. The van der Waals surface area contributed by atoms with Crippen molar-refractivity contribution in [3.05, 3.63) is 28.7 Å². The fourth-order valence-electron chi connectivity index (χ4n) is 1.01. The molecule has 0 aromatic heterocycles. The Morgan fingerprint density at radius 1 is 1.29 bits per heavy atom. The van der Waals surface area contributed by atoms with Crippen LogP contribution in [0, 0.1) is 0 Å². The van der Waals surface area contributed by atoms with Gasteiger partial charge in [-0.3, -0.25) is 4.79 Å². The highest BCUT2D eigenvalue weighted by molar-refractivity contribution is 9.10. The van der Waals surface area contributed by atoms with E-state index in [1.54, 1.807) is 18.7 Å². The lowest BCUT2D eigenvalue weighted by Crippen LogP contribution is -1.97. The van der Waals surface area contributed by atoms with Crippen molar-refractivity contribution in [2.24, 2.45) is 4.99 Å². The van der Waals surface area contributed by atoms with Gasteiger partial charge in [0.25, 0.3) is 0 Å². The molecule has 0 amide bonds. The number of hydrogen-bond donors (Lipinski definition) is 0. The van der Waals surface area contributed by atoms with Crippen molar-refractivity contribution >= 4 is 55.3 Å². The summed E-state index contributed by atoms with van der Waals surface area (Å²) < 4.78 is 1.99. The number of aliphatic imine (C=N–C) groups is 1. The highest BCUT2D eigenvalue weighted by Crippen LogP contribution is 2.23. The van der Waals surface area contributed by atoms with Gasteiger partial charge in [-0.25, -0.2) is 4.99 Å². The summed E-state index contributed by atoms with van der Waals surface area (Å²) in [5.41, 5.74) is 0.917. The van der Waals surface area contributed by atoms with Crippen molar-refractivity contribution in [2.45, 2.75) is 13.8 Å². The van der Waals surface area contributed by atoms with Gasteiger partial charge in [0.1, 0.15) is 10.2 Å². The largest absolute Gasteiger partial charge is 0.299 e. The Bertz CT molecular complexity index is 403. The average molecular weight is 332 g/mol. The monoisotopic (exact) mass is 331 g/mol. The molecular weight excluding hydrogens is 318 g/mol. The minimum absolute atomic E-state index is 0.176. The van der Waals surface area contributed by atoms with Crippen molar-refractivity contribution in [2.75, 3.05) is 11.5 Å². The van der Waals surface area contributed by atoms with Gasteiger partial charge in [0.2, 0.25) is 0 Å². The van der Waals surface area contributed by atoms with Crippen LogP contribution in [-0.4, -0.2) is 21.7 Å². The molecule has 1 rings (SSSR count). The summed E-state index contributed by atoms with van der Waals surface area (Å²) >= 11 is 6.56. The van der Waals surface area contributed by atoms with E-state index in [2.05, 4.69) is 27.8 Å². The van der Waals surface area contributed by atoms with Gasteiger partial charge in [-0.15, -0.1) is 0 Å². The second-order valence-electron chi connectivity index (χ2n) is 3.28. The molecule has 0 aliphatic heterocycles. The Balaban J connectivity index is 2.74. The van der Waals surface area contributed by atoms with E-state index in [1.807, 2.05) is 24.3 Å². The third-order valence-electron chi connectivity index (χ3n) is 1.71. The SMILES string of the molecule is CCSC(=Nc1ccc(Br)cc1)SCC(C)=O. The Morgan fingerprint density at radius 2 is 1.94 bits per heavy atom. The molecule has 0 N–H and O–H groups in total. The number of Topliss-reactive ketones (excluding diaryl/α,β-unsaturated/α-hetero) is 1. The van der Waals surface area contributed by atoms with Gasteiger partial charge < -0.3 is 0 Å². The second-order valence-corrected chi connectivity index (χ2v) is 6.67. The predicted molar refractivity (Wildman–Crippen MR) is 82.5 cm³/mol. The van der Waals surface area contributed by atoms with Crippen LogP contribution in [0.4, 0.5) is 5.69 Å². The maximum atomic E-state index is 11.0. The molecule has 0 aliphatic carbocycles. The van der Waals surface area contributed by atoms with Gasteiger partial charge in [-0.05, 0) is 36.9 Å². The molecule has 0 radical (unpaired) electrons. The molecule has 0 aliphatic rings. The molecule has 5 heteroatoms. The van der Waals surface area contributed by atoms with Crippen molar-refractivity contribution in [3.8, 4) is 0 Å². The van der Waals surface area contributed by atoms with Crippen molar-refractivity contribution in [1.82, 2.24) is 0 Å². The van der Waals surface area contributed by atoms with E-state index in [-0.39, 0.29) is 5.78 Å². The standard InChI is InChI=1S/C12H14BrNOS2/c1-3-16-12(17-8-9(2)15)14-11-6-4-10(13)5-7-11/h4-7H,3,8H2,1-2H3. The number of thioether (sulfide) groups is 2. The summed E-state index contributed by atoms with van der Waals surface area (Å²) in [6, 6.07) is 7.83. The summed E-state index contributed by atoms with van der Waals surface area (Å²) in [5.74, 6) is 1.62. The van der Waals surface area contributed by atoms with Crippen LogP contribution in [0.5, 0.6) is 0 Å². The molecule has 1 aromatic rings. The van der Waals surface area contributed by atoms with Crippen molar-refractivity contribution in [3.63, 3.8) is 0 Å². The Hall–Kier alpha value is -0.260. The lowest BCUT2D eigenvalue weighted by molar-refractivity contribution is -0.114. The smallest absolute Gasteiger partial charge is 0.140 e. The molecule has 2 nitrogen and oxygen atoms in total. The first-order valence-electron chi connectivity index (χ1n) is 5.21. The van der Waals surface area contributed by atoms with E-state index in [0.29, 0.717) is 5.75 Å². The first kappa shape index (κ1) is 14.8. The molecule has 0 bridgehead atoms. The van der Waals surface area contributed by atoms with Crippen LogP contribution in [-0.2, 0) is 4.79 Å². The van der Waals surface area contributed by atoms with Crippen molar-refractivity contribution in [1.29, 1.82) is 0 Å². The highest BCUT2D eigenvalue weighted by Gasteiger charge is 2.03. The third-order valence-corrected chi connectivity index (χ3v) is 4.47. The van der Waals surface area contributed by atoms with Crippen LogP contribution >= 0.6 is 39.5 Å². The topological polar surface area (TPSA) is 29.4 Å². The van der Waals surface area contributed by atoms with Gasteiger partial charge in [0, 0.05) is 4.47 Å². The Labute approximate surface area is 119 Å². The van der Waals surface area contributed by atoms with Gasteiger partial charge in [0.05, 0.1) is 11.4 Å². The van der Waals surface area contributed by atoms with E-state index in [0.717, 1.165) is 20.3 Å². The lowest BCUT2D eigenvalue weighted by Gasteiger charge is -2.03. The van der Waals surface area contributed by atoms with E-state index in [9.17, 15) is 4.79 Å². The molecule has 0 saturated heterocycles. The Morgan fingerprint density at radius 3 is 2.47 bits per heavy atom. The normalized spacial score (nSPS) is 11.6. The van der Waals surface area contributed by atoms with Gasteiger partial charge in [0.15, 0.2) is 0 Å². The summed E-state index contributed by atoms with van der Waals surface area (Å²) in [6.07, 6.45) is 0. The minimum atomic E-state index is 0.176. The second kappa shape index (κ2) is 7.95.